The van der Waals surface area contributed by atoms with Crippen molar-refractivity contribution in [3.8, 4) is 0 Å². The van der Waals surface area contributed by atoms with Crippen LogP contribution in [0.25, 0.3) is 0 Å². The van der Waals surface area contributed by atoms with E-state index in [1.807, 2.05) is 14.8 Å². The average Bonchev–Trinajstić information content (AvgIpc) is 2.00. The summed E-state index contributed by atoms with van der Waals surface area (Å²) in [4.78, 5) is 0. The van der Waals surface area contributed by atoms with Crippen molar-refractivity contribution in [2.45, 2.75) is 24.4 Å². The molecule has 0 aliphatic heterocycles. The highest BCUT2D eigenvalue weighted by atomic mass is 35.5. The van der Waals surface area contributed by atoms with Crippen LogP contribution in [0.2, 0.25) is 6.32 Å². The minimum absolute atomic E-state index is 0.0138. The van der Waals surface area contributed by atoms with Crippen LogP contribution in [-0.4, -0.2) is 37.3 Å². The summed E-state index contributed by atoms with van der Waals surface area (Å²) in [6, 6.07) is 0.232. The summed E-state index contributed by atoms with van der Waals surface area (Å²) in [5.74, 6) is 0. The lowest BCUT2D eigenvalue weighted by atomic mass is 9.99. The molecule has 2 atom stereocenters. The first kappa shape index (κ1) is 11.2. The molecule has 0 aromatic carbocycles. The number of halogens is 2. The van der Waals surface area contributed by atoms with Gasteiger partial charge in [-0.25, -0.2) is 4.39 Å². The summed E-state index contributed by atoms with van der Waals surface area (Å²) >= 11 is 5.24. The second kappa shape index (κ2) is 4.96. The largest absolute Gasteiger partial charge is 0.392 e. The Hall–Kier alpha value is 0.205. The molecule has 0 amide bonds. The first-order chi connectivity index (χ1) is 5.02. The Labute approximate surface area is 72.5 Å². The number of nitrogens with one attached hydrogen (secondary N) is 1. The zero-order valence-corrected chi connectivity index (χ0v) is 7.66. The molecule has 0 saturated carbocycles. The Bertz CT molecular complexity index is 115. The van der Waals surface area contributed by atoms with E-state index < -0.39 is 11.7 Å². The standard InChI is InChI=1S/C6H14BClFNO/c1-5(2-7)10-3-6(8,9)4-11/h5,10-11H,2-4,7H2,1H3. The molecule has 2 unspecified atom stereocenters. The number of hydrogen-bond donors (Lipinski definition) is 2. The van der Waals surface area contributed by atoms with Crippen LogP contribution in [0.15, 0.2) is 0 Å². The second-order valence-electron chi connectivity index (χ2n) is 2.70. The molecular weight excluding hydrogens is 167 g/mol. The Morgan fingerprint density at radius 2 is 2.36 bits per heavy atom. The molecule has 0 bridgehead atoms. The normalized spacial score (nSPS) is 19.3. The Kier molecular flexibility index (Phi) is 5.05. The molecule has 0 spiro atoms. The molecule has 0 fully saturated rings. The maximum atomic E-state index is 12.8. The zero-order valence-electron chi connectivity index (χ0n) is 6.90. The number of aliphatic hydroxyl groups is 1. The van der Waals surface area contributed by atoms with Gasteiger partial charge in [0.05, 0.1) is 6.61 Å². The van der Waals surface area contributed by atoms with E-state index in [4.69, 9.17) is 16.7 Å². The topological polar surface area (TPSA) is 32.3 Å². The summed E-state index contributed by atoms with van der Waals surface area (Å²) < 4.78 is 12.8. The van der Waals surface area contributed by atoms with E-state index in [0.29, 0.717) is 0 Å². The number of hydrogen-bond acceptors (Lipinski definition) is 2. The van der Waals surface area contributed by atoms with Crippen molar-refractivity contribution in [2.24, 2.45) is 0 Å². The molecule has 5 heteroatoms. The van der Waals surface area contributed by atoms with Crippen molar-refractivity contribution >= 4 is 19.4 Å². The van der Waals surface area contributed by atoms with Gasteiger partial charge in [-0.2, -0.15) is 0 Å². The van der Waals surface area contributed by atoms with E-state index in [1.165, 1.54) is 0 Å². The van der Waals surface area contributed by atoms with E-state index in [1.54, 1.807) is 0 Å². The molecule has 2 N–H and O–H groups in total. The SMILES string of the molecule is BCC(C)NCC(F)(Cl)CO. The van der Waals surface area contributed by atoms with E-state index >= 15 is 0 Å². The van der Waals surface area contributed by atoms with Gasteiger partial charge in [-0.15, -0.1) is 0 Å². The summed E-state index contributed by atoms with van der Waals surface area (Å²) in [7, 11) is 1.99. The first-order valence-corrected chi connectivity index (χ1v) is 4.11. The van der Waals surface area contributed by atoms with Crippen LogP contribution in [0.4, 0.5) is 4.39 Å². The minimum atomic E-state index is -2.01. The highest BCUT2D eigenvalue weighted by Gasteiger charge is 2.24. The summed E-state index contributed by atoms with van der Waals surface area (Å²) in [5.41, 5.74) is 0. The molecule has 11 heavy (non-hydrogen) atoms. The molecule has 0 aliphatic rings. The highest BCUT2D eigenvalue weighted by molar-refractivity contribution is 6.23. The van der Waals surface area contributed by atoms with Gasteiger partial charge in [0.25, 0.3) is 0 Å². The van der Waals surface area contributed by atoms with Gasteiger partial charge in [0.1, 0.15) is 7.85 Å². The lowest BCUT2D eigenvalue weighted by Gasteiger charge is -2.18. The molecule has 0 aliphatic carbocycles. The fourth-order valence-electron chi connectivity index (χ4n) is 0.524. The molecule has 2 nitrogen and oxygen atoms in total. The predicted octanol–water partition coefficient (Wildman–Crippen LogP) is -0.0872. The molecule has 0 radical (unpaired) electrons. The number of alkyl halides is 2. The van der Waals surface area contributed by atoms with Crippen LogP contribution in [0.1, 0.15) is 6.92 Å². The van der Waals surface area contributed by atoms with Crippen molar-refractivity contribution in [2.75, 3.05) is 13.2 Å². The summed E-state index contributed by atoms with van der Waals surface area (Å²) in [6.07, 6.45) is 0.915. The average molecular weight is 181 g/mol. The van der Waals surface area contributed by atoms with Gasteiger partial charge in [-0.1, -0.05) is 24.8 Å². The number of aliphatic hydroxyl groups excluding tert-OH is 1. The van der Waals surface area contributed by atoms with Gasteiger partial charge < -0.3 is 10.4 Å². The fraction of sp³-hybridized carbons (Fsp3) is 1.00. The van der Waals surface area contributed by atoms with Crippen molar-refractivity contribution < 1.29 is 9.50 Å². The Morgan fingerprint density at radius 1 is 1.82 bits per heavy atom. The van der Waals surface area contributed by atoms with E-state index in [2.05, 4.69) is 5.32 Å². The third-order valence-electron chi connectivity index (χ3n) is 1.55. The molecule has 0 aromatic heterocycles. The molecule has 66 valence electrons. The maximum Gasteiger partial charge on any atom is 0.218 e. The van der Waals surface area contributed by atoms with E-state index in [9.17, 15) is 4.39 Å². The summed E-state index contributed by atoms with van der Waals surface area (Å²) in [6.45, 7) is 1.27. The smallest absolute Gasteiger partial charge is 0.218 e. The van der Waals surface area contributed by atoms with Gasteiger partial charge in [-0.05, 0) is 6.04 Å². The summed E-state index contributed by atoms with van der Waals surface area (Å²) in [5, 5.41) is 9.28. The van der Waals surface area contributed by atoms with Crippen LogP contribution in [0.5, 0.6) is 0 Å². The van der Waals surface area contributed by atoms with Gasteiger partial charge in [0.15, 0.2) is 0 Å². The minimum Gasteiger partial charge on any atom is -0.392 e. The first-order valence-electron chi connectivity index (χ1n) is 3.74. The highest BCUT2D eigenvalue weighted by Crippen LogP contribution is 2.14. The maximum absolute atomic E-state index is 12.8. The third kappa shape index (κ3) is 5.47. The Balaban J connectivity index is 3.52. The molecule has 0 rings (SSSR count). The molecule has 0 heterocycles. The van der Waals surface area contributed by atoms with Crippen LogP contribution in [-0.2, 0) is 0 Å². The fourth-order valence-corrected chi connectivity index (χ4v) is 0.601. The predicted molar refractivity (Wildman–Crippen MR) is 47.6 cm³/mol. The van der Waals surface area contributed by atoms with Crippen molar-refractivity contribution in [3.05, 3.63) is 0 Å². The third-order valence-corrected chi connectivity index (χ3v) is 1.81. The lowest BCUT2D eigenvalue weighted by molar-refractivity contribution is 0.140. The van der Waals surface area contributed by atoms with Crippen LogP contribution >= 0.6 is 11.6 Å². The van der Waals surface area contributed by atoms with E-state index in [-0.39, 0.29) is 12.6 Å². The number of rotatable bonds is 5. The van der Waals surface area contributed by atoms with Crippen LogP contribution in [0.3, 0.4) is 0 Å². The molecular formula is C6H14BClFNO. The van der Waals surface area contributed by atoms with Crippen molar-refractivity contribution in [1.29, 1.82) is 0 Å². The lowest BCUT2D eigenvalue weighted by Crippen LogP contribution is -2.39. The monoisotopic (exact) mass is 181 g/mol. The second-order valence-corrected chi connectivity index (χ2v) is 3.38. The molecule has 0 saturated heterocycles. The van der Waals surface area contributed by atoms with Crippen LogP contribution in [0, 0.1) is 0 Å². The van der Waals surface area contributed by atoms with Gasteiger partial charge in [0.2, 0.25) is 5.13 Å². The Morgan fingerprint density at radius 3 is 2.73 bits per heavy atom. The van der Waals surface area contributed by atoms with Gasteiger partial charge in [-0.3, -0.25) is 0 Å². The molecule has 0 aromatic rings. The van der Waals surface area contributed by atoms with Gasteiger partial charge in [0, 0.05) is 6.54 Å². The van der Waals surface area contributed by atoms with Crippen molar-refractivity contribution in [1.82, 2.24) is 5.32 Å². The zero-order chi connectivity index (χ0) is 8.91. The van der Waals surface area contributed by atoms with Crippen LogP contribution < -0.4 is 5.32 Å². The van der Waals surface area contributed by atoms with E-state index in [0.717, 1.165) is 6.32 Å². The van der Waals surface area contributed by atoms with Crippen molar-refractivity contribution in [3.63, 3.8) is 0 Å². The van der Waals surface area contributed by atoms with Gasteiger partial charge >= 0.3 is 0 Å². The quantitative estimate of drug-likeness (QED) is 0.459.